The first-order valence-electron chi connectivity index (χ1n) is 10.8. The van der Waals surface area contributed by atoms with E-state index < -0.39 is 0 Å². The lowest BCUT2D eigenvalue weighted by Crippen LogP contribution is -2.43. The van der Waals surface area contributed by atoms with Gasteiger partial charge in [-0.3, -0.25) is 0 Å². The highest BCUT2D eigenvalue weighted by Gasteiger charge is 2.51. The summed E-state index contributed by atoms with van der Waals surface area (Å²) in [6.07, 6.45) is 10.1. The summed E-state index contributed by atoms with van der Waals surface area (Å²) in [5, 5.41) is 1.67. The van der Waals surface area contributed by atoms with Crippen molar-refractivity contribution < 1.29 is 0 Å². The van der Waals surface area contributed by atoms with Gasteiger partial charge in [-0.2, -0.15) is 0 Å². The van der Waals surface area contributed by atoms with Gasteiger partial charge in [0.05, 0.1) is 0 Å². The van der Waals surface area contributed by atoms with Crippen LogP contribution < -0.4 is 0 Å². The van der Waals surface area contributed by atoms with Crippen molar-refractivity contribution in [2.75, 3.05) is 0 Å². The van der Waals surface area contributed by atoms with Crippen LogP contribution in [0.25, 0.3) is 11.1 Å². The average Bonchev–Trinajstić information content (AvgIpc) is 2.97. The zero-order chi connectivity index (χ0) is 21.0. The molecule has 0 aliphatic heterocycles. The standard InChI is InChI=1S/C25H30Cl2I2/c1-3-5-7-9-23(28)25(24(29)10-8-6-4-2)21-15-17(26)11-13-19(21)20-14-12-18(27)16-22(20)25/h11-16,23-24H,3-10H2,1-2H3. The van der Waals surface area contributed by atoms with Gasteiger partial charge in [0.2, 0.25) is 0 Å². The van der Waals surface area contributed by atoms with E-state index in [0.29, 0.717) is 7.85 Å². The molecule has 0 saturated carbocycles. The third-order valence-electron chi connectivity index (χ3n) is 6.26. The molecule has 158 valence electrons. The Kier molecular flexibility index (Phi) is 9.04. The van der Waals surface area contributed by atoms with Crippen LogP contribution in [0.15, 0.2) is 36.4 Å². The first-order chi connectivity index (χ1) is 14.0. The van der Waals surface area contributed by atoms with Crippen LogP contribution >= 0.6 is 68.4 Å². The molecule has 0 spiro atoms. The van der Waals surface area contributed by atoms with E-state index in [0.717, 1.165) is 10.0 Å². The number of benzene rings is 2. The van der Waals surface area contributed by atoms with Gasteiger partial charge in [-0.25, -0.2) is 0 Å². The zero-order valence-corrected chi connectivity index (χ0v) is 23.1. The Morgan fingerprint density at radius 1 is 0.724 bits per heavy atom. The second-order valence-electron chi connectivity index (χ2n) is 8.18. The fraction of sp³-hybridized carbons (Fsp3) is 0.520. The SMILES string of the molecule is CCCCCC(I)C1(C(I)CCCCC)c2cc(Cl)ccc2-c2ccc(Cl)cc21. The maximum Gasteiger partial charge on any atom is 0.0451 e. The summed E-state index contributed by atoms with van der Waals surface area (Å²) in [4.78, 5) is 0. The van der Waals surface area contributed by atoms with E-state index in [9.17, 15) is 0 Å². The Balaban J connectivity index is 2.17. The van der Waals surface area contributed by atoms with E-state index in [2.05, 4.69) is 83.3 Å². The van der Waals surface area contributed by atoms with Crippen LogP contribution in [0.4, 0.5) is 0 Å². The molecular formula is C25H30Cl2I2. The Morgan fingerprint density at radius 2 is 1.14 bits per heavy atom. The van der Waals surface area contributed by atoms with Crippen molar-refractivity contribution in [3.05, 3.63) is 57.6 Å². The largest absolute Gasteiger partial charge is 0.0843 e. The number of hydrogen-bond acceptors (Lipinski definition) is 0. The lowest BCUT2D eigenvalue weighted by Gasteiger charge is -2.41. The van der Waals surface area contributed by atoms with Crippen LogP contribution in [0.1, 0.15) is 76.3 Å². The third kappa shape index (κ3) is 4.80. The molecule has 2 unspecified atom stereocenters. The first kappa shape index (κ1) is 24.1. The summed E-state index contributed by atoms with van der Waals surface area (Å²) in [6.45, 7) is 4.56. The maximum atomic E-state index is 6.56. The van der Waals surface area contributed by atoms with Gasteiger partial charge in [0, 0.05) is 23.3 Å². The predicted octanol–water partition coefficient (Wildman–Crippen LogP) is 10.0. The molecule has 4 heteroatoms. The molecule has 2 aromatic rings. The Hall–Kier alpha value is 0.480. The highest BCUT2D eigenvalue weighted by atomic mass is 127. The minimum atomic E-state index is -0.0386. The van der Waals surface area contributed by atoms with Crippen LogP contribution in [0.2, 0.25) is 10.0 Å². The lowest BCUT2D eigenvalue weighted by molar-refractivity contribution is 0.447. The number of rotatable bonds is 10. The predicted molar refractivity (Wildman–Crippen MR) is 147 cm³/mol. The topological polar surface area (TPSA) is 0 Å². The van der Waals surface area contributed by atoms with Gasteiger partial charge in [0.25, 0.3) is 0 Å². The summed E-state index contributed by atoms with van der Waals surface area (Å²) < 4.78 is 1.01. The molecule has 3 rings (SSSR count). The molecule has 0 heterocycles. The van der Waals surface area contributed by atoms with Gasteiger partial charge < -0.3 is 0 Å². The first-order valence-corrected chi connectivity index (χ1v) is 14.1. The summed E-state index contributed by atoms with van der Waals surface area (Å²) in [5.41, 5.74) is 5.47. The second-order valence-corrected chi connectivity index (χ2v) is 12.1. The van der Waals surface area contributed by atoms with Crippen molar-refractivity contribution >= 4 is 68.4 Å². The number of alkyl halides is 2. The van der Waals surface area contributed by atoms with E-state index in [4.69, 9.17) is 23.2 Å². The molecule has 1 aliphatic rings. The van der Waals surface area contributed by atoms with Crippen LogP contribution in [-0.4, -0.2) is 7.85 Å². The second kappa shape index (κ2) is 10.9. The van der Waals surface area contributed by atoms with Gasteiger partial charge >= 0.3 is 0 Å². The minimum Gasteiger partial charge on any atom is -0.0843 e. The van der Waals surface area contributed by atoms with Crippen LogP contribution in [0, 0.1) is 0 Å². The van der Waals surface area contributed by atoms with E-state index >= 15 is 0 Å². The van der Waals surface area contributed by atoms with Crippen molar-refractivity contribution in [2.45, 2.75) is 78.5 Å². The molecule has 0 bridgehead atoms. The van der Waals surface area contributed by atoms with Crippen LogP contribution in [0.5, 0.6) is 0 Å². The molecule has 1 aliphatic carbocycles. The number of fused-ring (bicyclic) bond motifs is 3. The Labute approximate surface area is 213 Å². The number of halogens is 4. The number of unbranched alkanes of at least 4 members (excludes halogenated alkanes) is 4. The molecule has 0 saturated heterocycles. The van der Waals surface area contributed by atoms with E-state index in [-0.39, 0.29) is 5.41 Å². The highest BCUT2D eigenvalue weighted by Crippen LogP contribution is 2.58. The summed E-state index contributed by atoms with van der Waals surface area (Å²) in [5.74, 6) is 0. The van der Waals surface area contributed by atoms with E-state index in [1.807, 2.05) is 12.1 Å². The molecule has 0 N–H and O–H groups in total. The minimum absolute atomic E-state index is 0.0386. The monoisotopic (exact) mass is 654 g/mol. The number of hydrogen-bond donors (Lipinski definition) is 0. The van der Waals surface area contributed by atoms with Crippen molar-refractivity contribution in [2.24, 2.45) is 0 Å². The third-order valence-corrected chi connectivity index (χ3v) is 9.94. The molecule has 0 radical (unpaired) electrons. The van der Waals surface area contributed by atoms with E-state index in [1.165, 1.54) is 73.6 Å². The van der Waals surface area contributed by atoms with Gasteiger partial charge in [0.15, 0.2) is 0 Å². The zero-order valence-electron chi connectivity index (χ0n) is 17.3. The highest BCUT2D eigenvalue weighted by molar-refractivity contribution is 14.1. The molecule has 0 amide bonds. The van der Waals surface area contributed by atoms with E-state index in [1.54, 1.807) is 0 Å². The van der Waals surface area contributed by atoms with Crippen LogP contribution in [0.3, 0.4) is 0 Å². The summed E-state index contributed by atoms with van der Waals surface area (Å²) in [7, 11) is 0. The fourth-order valence-corrected chi connectivity index (χ4v) is 8.93. The molecule has 2 aromatic carbocycles. The van der Waals surface area contributed by atoms with Gasteiger partial charge in [0.1, 0.15) is 0 Å². The fourth-order valence-electron chi connectivity index (χ4n) is 4.81. The van der Waals surface area contributed by atoms with Gasteiger partial charge in [-0.1, -0.05) is 133 Å². The quantitative estimate of drug-likeness (QED) is 0.136. The van der Waals surface area contributed by atoms with Crippen LogP contribution in [-0.2, 0) is 5.41 Å². The molecule has 2 atom stereocenters. The Morgan fingerprint density at radius 3 is 1.52 bits per heavy atom. The van der Waals surface area contributed by atoms with Gasteiger partial charge in [-0.15, -0.1) is 0 Å². The summed E-state index contributed by atoms with van der Waals surface area (Å²) in [6, 6.07) is 13.0. The van der Waals surface area contributed by atoms with Crippen molar-refractivity contribution in [1.82, 2.24) is 0 Å². The molecule has 0 aromatic heterocycles. The summed E-state index contributed by atoms with van der Waals surface area (Å²) >= 11 is 18.6. The molecule has 29 heavy (non-hydrogen) atoms. The van der Waals surface area contributed by atoms with Gasteiger partial charge in [-0.05, 0) is 59.4 Å². The normalized spacial score (nSPS) is 16.3. The van der Waals surface area contributed by atoms with Crippen molar-refractivity contribution in [1.29, 1.82) is 0 Å². The van der Waals surface area contributed by atoms with Crippen molar-refractivity contribution in [3.63, 3.8) is 0 Å². The smallest absolute Gasteiger partial charge is 0.0451 e. The van der Waals surface area contributed by atoms with Crippen molar-refractivity contribution in [3.8, 4) is 11.1 Å². The lowest BCUT2D eigenvalue weighted by atomic mass is 9.70. The Bertz CT molecular complexity index is 764. The average molecular weight is 655 g/mol. The molecular weight excluding hydrogens is 625 g/mol. The molecule has 0 nitrogen and oxygen atoms in total. The molecule has 0 fully saturated rings. The maximum absolute atomic E-state index is 6.56.